The second kappa shape index (κ2) is 8.27. The van der Waals surface area contributed by atoms with Crippen molar-refractivity contribution < 1.29 is 9.72 Å². The highest BCUT2D eigenvalue weighted by Gasteiger charge is 2.18. The normalized spacial score (nSPS) is 10.6. The molecule has 0 aliphatic carbocycles. The molecule has 0 saturated heterocycles. The van der Waals surface area contributed by atoms with Crippen LogP contribution in [0.2, 0.25) is 0 Å². The first kappa shape index (κ1) is 18.3. The molecule has 0 bridgehead atoms. The van der Waals surface area contributed by atoms with Gasteiger partial charge in [0.05, 0.1) is 4.92 Å². The van der Waals surface area contributed by atoms with E-state index in [-0.39, 0.29) is 23.1 Å². The van der Waals surface area contributed by atoms with Crippen LogP contribution >= 0.6 is 0 Å². The maximum absolute atomic E-state index is 12.6. The molecule has 0 aromatic heterocycles. The number of benzene rings is 3. The molecule has 5 heteroatoms. The van der Waals surface area contributed by atoms with Crippen LogP contribution in [-0.4, -0.2) is 17.4 Å². The minimum Gasteiger partial charge on any atom is -0.351 e. The summed E-state index contributed by atoms with van der Waals surface area (Å²) in [7, 11) is 0. The van der Waals surface area contributed by atoms with Gasteiger partial charge in [-0.1, -0.05) is 66.7 Å². The fraction of sp³-hybridized carbons (Fsp3) is 0.136. The molecule has 1 amide bonds. The Kier molecular flexibility index (Phi) is 5.61. The molecule has 0 spiro atoms. The van der Waals surface area contributed by atoms with Gasteiger partial charge < -0.3 is 5.32 Å². The highest BCUT2D eigenvalue weighted by atomic mass is 16.6. The predicted molar refractivity (Wildman–Crippen MR) is 105 cm³/mol. The van der Waals surface area contributed by atoms with Gasteiger partial charge in [-0.2, -0.15) is 0 Å². The van der Waals surface area contributed by atoms with E-state index in [0.29, 0.717) is 12.1 Å². The molecule has 3 aromatic carbocycles. The smallest absolute Gasteiger partial charge is 0.273 e. The summed E-state index contributed by atoms with van der Waals surface area (Å²) in [6.45, 7) is 2.05. The van der Waals surface area contributed by atoms with Crippen LogP contribution in [0, 0.1) is 17.0 Å². The summed E-state index contributed by atoms with van der Waals surface area (Å²) in [5, 5.41) is 14.0. The molecule has 0 aliphatic heterocycles. The van der Waals surface area contributed by atoms with E-state index in [1.807, 2.05) is 60.7 Å². The first-order chi connectivity index (χ1) is 13.1. The van der Waals surface area contributed by atoms with Crippen LogP contribution in [0.15, 0.2) is 78.9 Å². The lowest BCUT2D eigenvalue weighted by Gasteiger charge is -2.19. The van der Waals surface area contributed by atoms with Gasteiger partial charge >= 0.3 is 0 Å². The van der Waals surface area contributed by atoms with Crippen LogP contribution < -0.4 is 5.32 Å². The number of nitrogens with zero attached hydrogens (tertiary/aromatic N) is 1. The minimum absolute atomic E-state index is 0.00298. The number of nitro benzene ring substituents is 1. The topological polar surface area (TPSA) is 72.2 Å². The number of hydrogen-bond acceptors (Lipinski definition) is 3. The second-order valence-corrected chi connectivity index (χ2v) is 6.34. The standard InChI is InChI=1S/C22H20N2O3/c1-16-12-13-19(14-21(16)24(26)27)22(25)23-15-20(17-8-4-2-5-9-17)18-10-6-3-7-11-18/h2-14,20H,15H2,1H3,(H,23,25). The summed E-state index contributed by atoms with van der Waals surface area (Å²) < 4.78 is 0. The lowest BCUT2D eigenvalue weighted by molar-refractivity contribution is -0.385. The Labute approximate surface area is 157 Å². The Morgan fingerprint density at radius 1 is 0.963 bits per heavy atom. The maximum Gasteiger partial charge on any atom is 0.273 e. The Hall–Kier alpha value is -3.47. The first-order valence-electron chi connectivity index (χ1n) is 8.69. The molecule has 0 heterocycles. The third-order valence-corrected chi connectivity index (χ3v) is 4.54. The van der Waals surface area contributed by atoms with Crippen LogP contribution in [0.3, 0.4) is 0 Å². The van der Waals surface area contributed by atoms with Crippen LogP contribution in [0.4, 0.5) is 5.69 Å². The van der Waals surface area contributed by atoms with Crippen LogP contribution in [0.5, 0.6) is 0 Å². The number of amides is 1. The molecular weight excluding hydrogens is 340 g/mol. The zero-order valence-electron chi connectivity index (χ0n) is 15.0. The lowest BCUT2D eigenvalue weighted by atomic mass is 9.91. The summed E-state index contributed by atoms with van der Waals surface area (Å²) in [6, 6.07) is 24.4. The second-order valence-electron chi connectivity index (χ2n) is 6.34. The Bertz CT molecular complexity index is 901. The van der Waals surface area contributed by atoms with Crippen molar-refractivity contribution in [1.82, 2.24) is 5.32 Å². The van der Waals surface area contributed by atoms with Crippen molar-refractivity contribution in [3.63, 3.8) is 0 Å². The Balaban J connectivity index is 1.81. The molecule has 0 aliphatic rings. The monoisotopic (exact) mass is 360 g/mol. The van der Waals surface area contributed by atoms with Gasteiger partial charge in [0.15, 0.2) is 0 Å². The summed E-state index contributed by atoms with van der Waals surface area (Å²) >= 11 is 0. The molecule has 0 unspecified atom stereocenters. The lowest BCUT2D eigenvalue weighted by Crippen LogP contribution is -2.29. The van der Waals surface area contributed by atoms with E-state index in [1.165, 1.54) is 6.07 Å². The van der Waals surface area contributed by atoms with E-state index in [0.717, 1.165) is 11.1 Å². The number of rotatable bonds is 6. The van der Waals surface area contributed by atoms with Gasteiger partial charge in [-0.25, -0.2) is 0 Å². The van der Waals surface area contributed by atoms with Gasteiger partial charge in [-0.15, -0.1) is 0 Å². The molecule has 136 valence electrons. The molecule has 3 rings (SSSR count). The van der Waals surface area contributed by atoms with Gasteiger partial charge in [-0.3, -0.25) is 14.9 Å². The van der Waals surface area contributed by atoms with Gasteiger partial charge in [0.1, 0.15) is 0 Å². The summed E-state index contributed by atoms with van der Waals surface area (Å²) in [6.07, 6.45) is 0. The van der Waals surface area contributed by atoms with Crippen LogP contribution in [0.25, 0.3) is 0 Å². The van der Waals surface area contributed by atoms with Gasteiger partial charge in [0.25, 0.3) is 11.6 Å². The molecular formula is C22H20N2O3. The number of hydrogen-bond donors (Lipinski definition) is 1. The fourth-order valence-corrected chi connectivity index (χ4v) is 3.04. The van der Waals surface area contributed by atoms with E-state index in [1.54, 1.807) is 19.1 Å². The molecule has 3 aromatic rings. The maximum atomic E-state index is 12.6. The van der Waals surface area contributed by atoms with E-state index < -0.39 is 4.92 Å². The third-order valence-electron chi connectivity index (χ3n) is 4.54. The van der Waals surface area contributed by atoms with Crippen molar-refractivity contribution in [1.29, 1.82) is 0 Å². The first-order valence-corrected chi connectivity index (χ1v) is 8.69. The molecule has 0 atom stereocenters. The fourth-order valence-electron chi connectivity index (χ4n) is 3.04. The van der Waals surface area contributed by atoms with Crippen molar-refractivity contribution in [3.8, 4) is 0 Å². The van der Waals surface area contributed by atoms with Crippen LogP contribution in [0.1, 0.15) is 33.0 Å². The molecule has 5 nitrogen and oxygen atoms in total. The SMILES string of the molecule is Cc1ccc(C(=O)NCC(c2ccccc2)c2ccccc2)cc1[N+](=O)[O-]. The molecule has 0 fully saturated rings. The average Bonchev–Trinajstić information content (AvgIpc) is 2.70. The minimum atomic E-state index is -0.469. The molecule has 0 saturated carbocycles. The number of carbonyl (C=O) groups excluding carboxylic acids is 1. The van der Waals surface area contributed by atoms with E-state index in [2.05, 4.69) is 5.32 Å². The van der Waals surface area contributed by atoms with Gasteiger partial charge in [-0.05, 0) is 24.1 Å². The number of aryl methyl sites for hydroxylation is 1. The quantitative estimate of drug-likeness (QED) is 0.521. The van der Waals surface area contributed by atoms with Crippen molar-refractivity contribution in [2.45, 2.75) is 12.8 Å². The zero-order chi connectivity index (χ0) is 19.2. The Morgan fingerprint density at radius 3 is 2.04 bits per heavy atom. The van der Waals surface area contributed by atoms with Crippen LogP contribution in [-0.2, 0) is 0 Å². The number of nitro groups is 1. The van der Waals surface area contributed by atoms with Crippen molar-refractivity contribution in [2.24, 2.45) is 0 Å². The van der Waals surface area contributed by atoms with E-state index in [4.69, 9.17) is 0 Å². The van der Waals surface area contributed by atoms with Crippen molar-refractivity contribution in [2.75, 3.05) is 6.54 Å². The van der Waals surface area contributed by atoms with Gasteiger partial charge in [0, 0.05) is 29.7 Å². The number of nitrogens with one attached hydrogen (secondary N) is 1. The highest BCUT2D eigenvalue weighted by Crippen LogP contribution is 2.24. The van der Waals surface area contributed by atoms with Crippen molar-refractivity contribution >= 4 is 11.6 Å². The van der Waals surface area contributed by atoms with E-state index in [9.17, 15) is 14.9 Å². The molecule has 27 heavy (non-hydrogen) atoms. The predicted octanol–water partition coefficient (Wildman–Crippen LogP) is 4.47. The Morgan fingerprint density at radius 2 is 1.52 bits per heavy atom. The summed E-state index contributed by atoms with van der Waals surface area (Å²) in [5.41, 5.74) is 2.96. The summed E-state index contributed by atoms with van der Waals surface area (Å²) in [5.74, 6) is -0.327. The highest BCUT2D eigenvalue weighted by molar-refractivity contribution is 5.95. The number of carbonyl (C=O) groups is 1. The third kappa shape index (κ3) is 4.39. The average molecular weight is 360 g/mol. The largest absolute Gasteiger partial charge is 0.351 e. The molecule has 0 radical (unpaired) electrons. The van der Waals surface area contributed by atoms with Gasteiger partial charge in [0.2, 0.25) is 0 Å². The van der Waals surface area contributed by atoms with E-state index >= 15 is 0 Å². The zero-order valence-corrected chi connectivity index (χ0v) is 15.0. The molecule has 1 N–H and O–H groups in total. The summed E-state index contributed by atoms with van der Waals surface area (Å²) in [4.78, 5) is 23.2. The van der Waals surface area contributed by atoms with Crippen molar-refractivity contribution in [3.05, 3.63) is 111 Å².